The van der Waals surface area contributed by atoms with Crippen molar-refractivity contribution in [1.82, 2.24) is 25.0 Å². The first-order chi connectivity index (χ1) is 12.7. The van der Waals surface area contributed by atoms with Crippen molar-refractivity contribution in [2.45, 2.75) is 6.92 Å². The molecular weight excluding hydrogens is 348 g/mol. The van der Waals surface area contributed by atoms with E-state index in [4.69, 9.17) is 0 Å². The molecule has 0 atom stereocenters. The second-order valence-corrected chi connectivity index (χ2v) is 6.60. The van der Waals surface area contributed by atoms with Gasteiger partial charge in [0.1, 0.15) is 5.82 Å². The molecule has 8 heteroatoms. The van der Waals surface area contributed by atoms with E-state index in [1.165, 1.54) is 11.3 Å². The molecule has 26 heavy (non-hydrogen) atoms. The van der Waals surface area contributed by atoms with Gasteiger partial charge in [-0.05, 0) is 37.3 Å². The van der Waals surface area contributed by atoms with Gasteiger partial charge >= 0.3 is 0 Å². The molecule has 4 heterocycles. The van der Waals surface area contributed by atoms with E-state index in [1.807, 2.05) is 31.2 Å². The lowest BCUT2D eigenvalue weighted by Gasteiger charge is -2.07. The van der Waals surface area contributed by atoms with Crippen molar-refractivity contribution in [3.05, 3.63) is 71.6 Å². The van der Waals surface area contributed by atoms with E-state index in [1.54, 1.807) is 41.5 Å². The number of amides is 1. The molecule has 0 aromatic carbocycles. The first kappa shape index (κ1) is 16.1. The second kappa shape index (κ2) is 6.85. The normalized spacial score (nSPS) is 10.7. The van der Waals surface area contributed by atoms with Crippen molar-refractivity contribution in [3.8, 4) is 16.3 Å². The van der Waals surface area contributed by atoms with E-state index in [0.717, 1.165) is 16.1 Å². The fourth-order valence-corrected chi connectivity index (χ4v) is 3.28. The Morgan fingerprint density at radius 3 is 2.77 bits per heavy atom. The Bertz CT molecular complexity index is 1040. The van der Waals surface area contributed by atoms with Gasteiger partial charge in [0, 0.05) is 28.9 Å². The number of nitrogens with one attached hydrogen (secondary N) is 1. The van der Waals surface area contributed by atoms with Crippen LogP contribution < -0.4 is 5.32 Å². The van der Waals surface area contributed by atoms with E-state index in [2.05, 4.69) is 25.6 Å². The highest BCUT2D eigenvalue weighted by atomic mass is 32.1. The summed E-state index contributed by atoms with van der Waals surface area (Å²) >= 11 is 1.41. The van der Waals surface area contributed by atoms with Crippen LogP contribution in [0.3, 0.4) is 0 Å². The van der Waals surface area contributed by atoms with E-state index >= 15 is 0 Å². The molecule has 7 nitrogen and oxygen atoms in total. The number of carbonyl (C=O) groups is 1. The molecule has 0 aliphatic rings. The Balaban J connectivity index is 1.56. The van der Waals surface area contributed by atoms with E-state index in [9.17, 15) is 4.79 Å². The zero-order chi connectivity index (χ0) is 17.9. The van der Waals surface area contributed by atoms with Crippen LogP contribution >= 0.6 is 11.3 Å². The van der Waals surface area contributed by atoms with E-state index in [0.29, 0.717) is 16.5 Å². The number of aromatic nitrogens is 5. The van der Waals surface area contributed by atoms with Crippen LogP contribution in [-0.2, 0) is 0 Å². The molecule has 4 aromatic heterocycles. The lowest BCUT2D eigenvalue weighted by Crippen LogP contribution is -2.14. The van der Waals surface area contributed by atoms with Gasteiger partial charge in [0.15, 0.2) is 5.82 Å². The van der Waals surface area contributed by atoms with Crippen LogP contribution in [0.25, 0.3) is 16.3 Å². The topological polar surface area (TPSA) is 85.6 Å². The average molecular weight is 362 g/mol. The Labute approximate surface area is 153 Å². The molecule has 0 bridgehead atoms. The third kappa shape index (κ3) is 3.22. The van der Waals surface area contributed by atoms with Crippen LogP contribution in [-0.4, -0.2) is 30.9 Å². The van der Waals surface area contributed by atoms with Crippen LogP contribution in [0.5, 0.6) is 0 Å². The second-order valence-electron chi connectivity index (χ2n) is 5.52. The lowest BCUT2D eigenvalue weighted by atomic mass is 10.2. The summed E-state index contributed by atoms with van der Waals surface area (Å²) in [6, 6.07) is 12.9. The molecule has 1 amide bonds. The SMILES string of the molecule is Cc1ccc(-n2nccc2NC(=O)c2ccc(-c3cccnc3)s2)nn1. The van der Waals surface area contributed by atoms with Gasteiger partial charge < -0.3 is 5.32 Å². The number of aryl methyl sites for hydroxylation is 1. The third-order valence-electron chi connectivity index (χ3n) is 3.66. The van der Waals surface area contributed by atoms with Crippen LogP contribution in [0, 0.1) is 6.92 Å². The Hall–Kier alpha value is -3.39. The van der Waals surface area contributed by atoms with Gasteiger partial charge in [-0.2, -0.15) is 14.9 Å². The summed E-state index contributed by atoms with van der Waals surface area (Å²) in [5.74, 6) is 0.870. The van der Waals surface area contributed by atoms with Crippen molar-refractivity contribution in [2.75, 3.05) is 5.32 Å². The van der Waals surface area contributed by atoms with Gasteiger partial charge in [-0.3, -0.25) is 9.78 Å². The van der Waals surface area contributed by atoms with E-state index < -0.39 is 0 Å². The van der Waals surface area contributed by atoms with Crippen molar-refractivity contribution in [2.24, 2.45) is 0 Å². The number of nitrogens with zero attached hydrogens (tertiary/aromatic N) is 5. The fourth-order valence-electron chi connectivity index (χ4n) is 2.39. The highest BCUT2D eigenvalue weighted by Gasteiger charge is 2.14. The maximum Gasteiger partial charge on any atom is 0.266 e. The Morgan fingerprint density at radius 1 is 1.08 bits per heavy atom. The lowest BCUT2D eigenvalue weighted by molar-refractivity contribution is 0.103. The number of anilines is 1. The van der Waals surface area contributed by atoms with Gasteiger partial charge in [0.2, 0.25) is 0 Å². The summed E-state index contributed by atoms with van der Waals surface area (Å²) in [5.41, 5.74) is 1.80. The number of rotatable bonds is 4. The molecule has 0 fully saturated rings. The minimum absolute atomic E-state index is 0.202. The predicted octanol–water partition coefficient (Wildman–Crippen LogP) is 3.35. The molecular formula is C18H14N6OS. The molecule has 0 unspecified atom stereocenters. The number of thiophene rings is 1. The minimum Gasteiger partial charge on any atom is -0.306 e. The molecule has 128 valence electrons. The minimum atomic E-state index is -0.202. The molecule has 0 aliphatic carbocycles. The largest absolute Gasteiger partial charge is 0.306 e. The van der Waals surface area contributed by atoms with Gasteiger partial charge in [-0.25, -0.2) is 0 Å². The first-order valence-corrected chi connectivity index (χ1v) is 8.69. The monoisotopic (exact) mass is 362 g/mol. The van der Waals surface area contributed by atoms with Gasteiger partial charge in [-0.1, -0.05) is 6.07 Å². The number of hydrogen-bond acceptors (Lipinski definition) is 6. The van der Waals surface area contributed by atoms with Crippen molar-refractivity contribution < 1.29 is 4.79 Å². The van der Waals surface area contributed by atoms with Crippen LogP contribution in [0.4, 0.5) is 5.82 Å². The summed E-state index contributed by atoms with van der Waals surface area (Å²) in [7, 11) is 0. The average Bonchev–Trinajstić information content (AvgIpc) is 3.33. The molecule has 0 radical (unpaired) electrons. The summed E-state index contributed by atoms with van der Waals surface area (Å²) in [5, 5.41) is 15.2. The van der Waals surface area contributed by atoms with Crippen molar-refractivity contribution >= 4 is 23.1 Å². The van der Waals surface area contributed by atoms with Crippen LogP contribution in [0.15, 0.2) is 61.1 Å². The summed E-state index contributed by atoms with van der Waals surface area (Å²) in [6.45, 7) is 1.86. The Kier molecular flexibility index (Phi) is 4.24. The van der Waals surface area contributed by atoms with Crippen LogP contribution in [0.1, 0.15) is 15.4 Å². The standard InChI is InChI=1S/C18H14N6OS/c1-12-4-7-17(23-22-12)24-16(8-10-20-24)21-18(25)15-6-5-14(26-15)13-3-2-9-19-11-13/h2-11H,1H3,(H,21,25). The van der Waals surface area contributed by atoms with Gasteiger partial charge in [0.05, 0.1) is 16.8 Å². The maximum atomic E-state index is 12.6. The number of pyridine rings is 1. The first-order valence-electron chi connectivity index (χ1n) is 7.87. The highest BCUT2D eigenvalue weighted by molar-refractivity contribution is 7.17. The summed E-state index contributed by atoms with van der Waals surface area (Å²) in [4.78, 5) is 18.3. The number of carbonyl (C=O) groups excluding carboxylic acids is 1. The van der Waals surface area contributed by atoms with Gasteiger partial charge in [-0.15, -0.1) is 16.4 Å². The van der Waals surface area contributed by atoms with Crippen molar-refractivity contribution in [3.63, 3.8) is 0 Å². The Morgan fingerprint density at radius 2 is 2.00 bits per heavy atom. The summed E-state index contributed by atoms with van der Waals surface area (Å²) in [6.07, 6.45) is 5.10. The van der Waals surface area contributed by atoms with E-state index in [-0.39, 0.29) is 5.91 Å². The molecule has 4 aromatic rings. The van der Waals surface area contributed by atoms with Crippen LogP contribution in [0.2, 0.25) is 0 Å². The smallest absolute Gasteiger partial charge is 0.266 e. The predicted molar refractivity (Wildman–Crippen MR) is 99.4 cm³/mol. The maximum absolute atomic E-state index is 12.6. The quantitative estimate of drug-likeness (QED) is 0.602. The third-order valence-corrected chi connectivity index (χ3v) is 4.79. The molecule has 1 N–H and O–H groups in total. The zero-order valence-corrected chi connectivity index (χ0v) is 14.6. The molecule has 4 rings (SSSR count). The van der Waals surface area contributed by atoms with Crippen molar-refractivity contribution in [1.29, 1.82) is 0 Å². The van der Waals surface area contributed by atoms with Gasteiger partial charge in [0.25, 0.3) is 5.91 Å². The molecule has 0 saturated heterocycles. The fraction of sp³-hybridized carbons (Fsp3) is 0.0556. The molecule has 0 aliphatic heterocycles. The zero-order valence-electron chi connectivity index (χ0n) is 13.8. The summed E-state index contributed by atoms with van der Waals surface area (Å²) < 4.78 is 1.54. The molecule has 0 spiro atoms. The highest BCUT2D eigenvalue weighted by Crippen LogP contribution is 2.28. The molecule has 0 saturated carbocycles. The number of hydrogen-bond donors (Lipinski definition) is 1.